The van der Waals surface area contributed by atoms with Gasteiger partial charge in [0.15, 0.2) is 0 Å². The molecule has 0 aliphatic carbocycles. The fraction of sp³-hybridized carbons (Fsp3) is 0.0769. The zero-order valence-corrected chi connectivity index (χ0v) is 8.10. The highest BCUT2D eigenvalue weighted by Crippen LogP contribution is 2.38. The van der Waals surface area contributed by atoms with E-state index in [1.165, 1.54) is 11.1 Å². The van der Waals surface area contributed by atoms with Gasteiger partial charge in [-0.15, -0.1) is 0 Å². The van der Waals surface area contributed by atoms with Crippen LogP contribution in [0.5, 0.6) is 11.5 Å². The monoisotopic (exact) mass is 198 g/mol. The van der Waals surface area contributed by atoms with Crippen LogP contribution in [0.25, 0.3) is 11.1 Å². The van der Waals surface area contributed by atoms with Crippen LogP contribution in [0, 0.1) is 0 Å². The minimum absolute atomic E-state index is 0.244. The van der Waals surface area contributed by atoms with Crippen molar-refractivity contribution in [2.45, 2.75) is 6.61 Å². The van der Waals surface area contributed by atoms with Gasteiger partial charge in [0.25, 0.3) is 0 Å². The number of aromatic hydroxyl groups is 1. The molecule has 1 aliphatic heterocycles. The maximum absolute atomic E-state index is 9.36. The van der Waals surface area contributed by atoms with Crippen molar-refractivity contribution in [2.24, 2.45) is 0 Å². The molecule has 3 rings (SSSR count). The van der Waals surface area contributed by atoms with Crippen LogP contribution in [0.1, 0.15) is 5.56 Å². The first-order valence-corrected chi connectivity index (χ1v) is 4.89. The molecule has 0 radical (unpaired) electrons. The number of benzene rings is 2. The lowest BCUT2D eigenvalue weighted by molar-refractivity contribution is 0.300. The number of hydrogen-bond acceptors (Lipinski definition) is 2. The number of phenolic OH excluding ortho intramolecular Hbond substituents is 1. The van der Waals surface area contributed by atoms with Crippen molar-refractivity contribution in [2.75, 3.05) is 0 Å². The number of ether oxygens (including phenoxy) is 1. The molecule has 2 aromatic carbocycles. The Morgan fingerprint density at radius 3 is 2.80 bits per heavy atom. The van der Waals surface area contributed by atoms with Crippen LogP contribution < -0.4 is 4.74 Å². The van der Waals surface area contributed by atoms with E-state index in [4.69, 9.17) is 4.74 Å². The van der Waals surface area contributed by atoms with Crippen LogP contribution >= 0.6 is 0 Å². The summed E-state index contributed by atoms with van der Waals surface area (Å²) in [5, 5.41) is 9.36. The Labute approximate surface area is 87.8 Å². The van der Waals surface area contributed by atoms with Gasteiger partial charge in [0, 0.05) is 11.6 Å². The largest absolute Gasteiger partial charge is 0.508 e. The molecule has 1 N–H and O–H groups in total. The second-order valence-corrected chi connectivity index (χ2v) is 3.63. The quantitative estimate of drug-likeness (QED) is 0.705. The summed E-state index contributed by atoms with van der Waals surface area (Å²) in [5.41, 5.74) is 3.43. The van der Waals surface area contributed by atoms with Crippen molar-refractivity contribution < 1.29 is 9.84 Å². The van der Waals surface area contributed by atoms with Gasteiger partial charge in [-0.2, -0.15) is 0 Å². The van der Waals surface area contributed by atoms with Gasteiger partial charge in [-0.05, 0) is 23.3 Å². The predicted molar refractivity (Wildman–Crippen MR) is 57.9 cm³/mol. The third-order valence-electron chi connectivity index (χ3n) is 2.66. The van der Waals surface area contributed by atoms with Crippen LogP contribution in [-0.2, 0) is 6.61 Å². The Balaban J connectivity index is 2.26. The zero-order valence-electron chi connectivity index (χ0n) is 8.10. The van der Waals surface area contributed by atoms with E-state index in [2.05, 4.69) is 12.1 Å². The van der Waals surface area contributed by atoms with Gasteiger partial charge in [0.1, 0.15) is 18.1 Å². The third-order valence-corrected chi connectivity index (χ3v) is 2.66. The molecule has 0 saturated carbocycles. The van der Waals surface area contributed by atoms with Crippen LogP contribution in [0.3, 0.4) is 0 Å². The molecule has 74 valence electrons. The fourth-order valence-electron chi connectivity index (χ4n) is 1.92. The van der Waals surface area contributed by atoms with Crippen molar-refractivity contribution in [1.82, 2.24) is 0 Å². The topological polar surface area (TPSA) is 29.5 Å². The molecular weight excluding hydrogens is 188 g/mol. The average Bonchev–Trinajstić information content (AvgIpc) is 2.28. The molecule has 0 aromatic heterocycles. The highest BCUT2D eigenvalue weighted by molar-refractivity contribution is 5.75. The normalized spacial score (nSPS) is 12.5. The molecule has 0 saturated heterocycles. The summed E-state index contributed by atoms with van der Waals surface area (Å²) in [5.74, 6) is 1.00. The van der Waals surface area contributed by atoms with Gasteiger partial charge >= 0.3 is 0 Å². The van der Waals surface area contributed by atoms with E-state index in [0.717, 1.165) is 11.3 Å². The number of rotatable bonds is 0. The van der Waals surface area contributed by atoms with Crippen LogP contribution in [0.2, 0.25) is 0 Å². The van der Waals surface area contributed by atoms with Gasteiger partial charge < -0.3 is 9.84 Å². The molecule has 0 amide bonds. The minimum atomic E-state index is 0.244. The molecule has 2 heteroatoms. The lowest BCUT2D eigenvalue weighted by Gasteiger charge is -2.20. The fourth-order valence-corrected chi connectivity index (χ4v) is 1.92. The van der Waals surface area contributed by atoms with Gasteiger partial charge in [0.2, 0.25) is 0 Å². The summed E-state index contributed by atoms with van der Waals surface area (Å²) in [6, 6.07) is 13.4. The Bertz CT molecular complexity index is 518. The van der Waals surface area contributed by atoms with Crippen LogP contribution in [0.4, 0.5) is 0 Å². The number of fused-ring (bicyclic) bond motifs is 3. The number of hydrogen-bond donors (Lipinski definition) is 1. The van der Waals surface area contributed by atoms with E-state index in [1.54, 1.807) is 12.1 Å². The molecule has 0 bridgehead atoms. The van der Waals surface area contributed by atoms with Crippen molar-refractivity contribution in [3.8, 4) is 22.6 Å². The molecule has 0 unspecified atom stereocenters. The van der Waals surface area contributed by atoms with Crippen LogP contribution in [-0.4, -0.2) is 5.11 Å². The molecule has 2 aromatic rings. The maximum atomic E-state index is 9.36. The molecule has 1 heterocycles. The van der Waals surface area contributed by atoms with E-state index in [9.17, 15) is 5.11 Å². The summed E-state index contributed by atoms with van der Waals surface area (Å²) in [4.78, 5) is 0. The summed E-state index contributed by atoms with van der Waals surface area (Å²) >= 11 is 0. The second-order valence-electron chi connectivity index (χ2n) is 3.63. The van der Waals surface area contributed by atoms with E-state index in [0.29, 0.717) is 6.61 Å². The first-order chi connectivity index (χ1) is 7.34. The zero-order chi connectivity index (χ0) is 10.3. The lowest BCUT2D eigenvalue weighted by Crippen LogP contribution is -2.04. The van der Waals surface area contributed by atoms with Crippen LogP contribution in [0.15, 0.2) is 42.5 Å². The average molecular weight is 198 g/mol. The SMILES string of the molecule is Oc1ccc2c(c1)OCc1ccccc1-2. The Morgan fingerprint density at radius 1 is 1.00 bits per heavy atom. The van der Waals surface area contributed by atoms with Gasteiger partial charge in [0.05, 0.1) is 0 Å². The second kappa shape index (κ2) is 3.02. The summed E-state index contributed by atoms with van der Waals surface area (Å²) < 4.78 is 5.57. The van der Waals surface area contributed by atoms with E-state index >= 15 is 0 Å². The Kier molecular flexibility index (Phi) is 1.68. The van der Waals surface area contributed by atoms with Gasteiger partial charge in [-0.1, -0.05) is 24.3 Å². The van der Waals surface area contributed by atoms with E-state index in [1.807, 2.05) is 18.2 Å². The third kappa shape index (κ3) is 1.26. The number of phenols is 1. The molecule has 2 nitrogen and oxygen atoms in total. The van der Waals surface area contributed by atoms with E-state index < -0.39 is 0 Å². The van der Waals surface area contributed by atoms with Crippen molar-refractivity contribution in [3.05, 3.63) is 48.0 Å². The van der Waals surface area contributed by atoms with E-state index in [-0.39, 0.29) is 5.75 Å². The van der Waals surface area contributed by atoms with Crippen molar-refractivity contribution >= 4 is 0 Å². The highest BCUT2D eigenvalue weighted by Gasteiger charge is 2.16. The molecule has 0 fully saturated rings. The summed E-state index contributed by atoms with van der Waals surface area (Å²) in [7, 11) is 0. The highest BCUT2D eigenvalue weighted by atomic mass is 16.5. The minimum Gasteiger partial charge on any atom is -0.508 e. The van der Waals surface area contributed by atoms with Crippen molar-refractivity contribution in [1.29, 1.82) is 0 Å². The summed E-state index contributed by atoms with van der Waals surface area (Å²) in [6.07, 6.45) is 0. The molecular formula is C13H10O2. The Hall–Kier alpha value is -1.96. The Morgan fingerprint density at radius 2 is 1.87 bits per heavy atom. The predicted octanol–water partition coefficient (Wildman–Crippen LogP) is 2.95. The maximum Gasteiger partial charge on any atom is 0.131 e. The standard InChI is InChI=1S/C13H10O2/c14-10-5-6-12-11-4-2-1-3-9(11)8-15-13(12)7-10/h1-7,14H,8H2. The van der Waals surface area contributed by atoms with Gasteiger partial charge in [-0.3, -0.25) is 0 Å². The van der Waals surface area contributed by atoms with Gasteiger partial charge in [-0.25, -0.2) is 0 Å². The molecule has 0 spiro atoms. The smallest absolute Gasteiger partial charge is 0.131 e. The molecule has 15 heavy (non-hydrogen) atoms. The molecule has 1 aliphatic rings. The lowest BCUT2D eigenvalue weighted by atomic mass is 9.97. The van der Waals surface area contributed by atoms with Crippen molar-refractivity contribution in [3.63, 3.8) is 0 Å². The summed E-state index contributed by atoms with van der Waals surface area (Å²) in [6.45, 7) is 0.576. The molecule has 0 atom stereocenters. The first kappa shape index (κ1) is 8.36. The first-order valence-electron chi connectivity index (χ1n) is 4.89.